The summed E-state index contributed by atoms with van der Waals surface area (Å²) in [5.74, 6) is 0.507. The Morgan fingerprint density at radius 3 is 2.08 bits per heavy atom. The smallest absolute Gasteiger partial charge is 0.251 e. The molecule has 1 aromatic carbocycles. The highest BCUT2D eigenvalue weighted by atomic mass is 32.2. The highest BCUT2D eigenvalue weighted by Gasteiger charge is 2.21. The van der Waals surface area contributed by atoms with Crippen LogP contribution >= 0.6 is 0 Å². The zero-order chi connectivity index (χ0) is 19.0. The molecule has 6 heteroatoms. The molecule has 0 aliphatic rings. The Morgan fingerprint density at radius 1 is 1.04 bits per heavy atom. The summed E-state index contributed by atoms with van der Waals surface area (Å²) >= 11 is 0. The number of nitrogens with one attached hydrogen (secondary N) is 1. The summed E-state index contributed by atoms with van der Waals surface area (Å²) in [5, 5.41) is 2.97. The van der Waals surface area contributed by atoms with Crippen molar-refractivity contribution in [3.8, 4) is 0 Å². The zero-order valence-corrected chi connectivity index (χ0v) is 16.9. The van der Waals surface area contributed by atoms with Crippen LogP contribution in [0.4, 0.5) is 0 Å². The molecule has 1 N–H and O–H groups in total. The Hall–Kier alpha value is -1.40. The van der Waals surface area contributed by atoms with Gasteiger partial charge in [-0.2, -0.15) is 4.31 Å². The minimum Gasteiger partial charge on any atom is -0.350 e. The fourth-order valence-electron chi connectivity index (χ4n) is 2.70. The average Bonchev–Trinajstić information content (AvgIpc) is 2.55. The minimum atomic E-state index is -3.49. The number of nitrogens with zero attached hydrogens (tertiary/aromatic N) is 1. The summed E-state index contributed by atoms with van der Waals surface area (Å²) in [7, 11) is -3.49. The maximum atomic E-state index is 12.5. The highest BCUT2D eigenvalue weighted by molar-refractivity contribution is 7.89. The second-order valence-electron chi connectivity index (χ2n) is 6.81. The third-order valence-corrected chi connectivity index (χ3v) is 6.32. The van der Waals surface area contributed by atoms with Crippen LogP contribution in [0.3, 0.4) is 0 Å². The second-order valence-corrected chi connectivity index (χ2v) is 8.75. The van der Waals surface area contributed by atoms with E-state index in [9.17, 15) is 13.2 Å². The molecule has 0 aliphatic heterocycles. The fraction of sp³-hybridized carbons (Fsp3) is 0.632. The largest absolute Gasteiger partial charge is 0.350 e. The van der Waals surface area contributed by atoms with Crippen molar-refractivity contribution in [1.29, 1.82) is 0 Å². The summed E-state index contributed by atoms with van der Waals surface area (Å²) in [6.07, 6.45) is 3.18. The zero-order valence-electron chi connectivity index (χ0n) is 16.1. The van der Waals surface area contributed by atoms with E-state index in [1.807, 2.05) is 20.8 Å². The van der Waals surface area contributed by atoms with Crippen molar-refractivity contribution in [2.45, 2.75) is 64.8 Å². The van der Waals surface area contributed by atoms with E-state index in [-0.39, 0.29) is 16.8 Å². The Bertz CT molecular complexity index is 635. The number of carbonyl (C=O) groups is 1. The molecule has 0 aromatic heterocycles. The molecule has 0 saturated carbocycles. The van der Waals surface area contributed by atoms with Gasteiger partial charge in [0, 0.05) is 24.7 Å². The number of rotatable bonds is 10. The van der Waals surface area contributed by atoms with E-state index in [1.165, 1.54) is 16.4 Å². The lowest BCUT2D eigenvalue weighted by Gasteiger charge is -2.18. The second kappa shape index (κ2) is 9.92. The Balaban J connectivity index is 2.71. The Labute approximate surface area is 152 Å². The van der Waals surface area contributed by atoms with Crippen LogP contribution in [-0.4, -0.2) is 37.8 Å². The van der Waals surface area contributed by atoms with E-state index >= 15 is 0 Å². The van der Waals surface area contributed by atoms with Gasteiger partial charge in [-0.1, -0.05) is 40.5 Å². The quantitative estimate of drug-likeness (QED) is 0.685. The topological polar surface area (TPSA) is 66.5 Å². The number of hydrogen-bond donors (Lipinski definition) is 1. The van der Waals surface area contributed by atoms with Gasteiger partial charge in [0.05, 0.1) is 4.90 Å². The molecular weight excluding hydrogens is 336 g/mol. The average molecular weight is 369 g/mol. The number of benzene rings is 1. The summed E-state index contributed by atoms with van der Waals surface area (Å²) in [5.41, 5.74) is 0.481. The van der Waals surface area contributed by atoms with Crippen molar-refractivity contribution < 1.29 is 13.2 Å². The minimum absolute atomic E-state index is 0.102. The van der Waals surface area contributed by atoms with Crippen molar-refractivity contribution in [3.05, 3.63) is 29.8 Å². The number of hydrogen-bond acceptors (Lipinski definition) is 3. The van der Waals surface area contributed by atoms with E-state index in [4.69, 9.17) is 0 Å². The van der Waals surface area contributed by atoms with Gasteiger partial charge in [-0.3, -0.25) is 4.79 Å². The van der Waals surface area contributed by atoms with Gasteiger partial charge < -0.3 is 5.32 Å². The van der Waals surface area contributed by atoms with Gasteiger partial charge in [-0.25, -0.2) is 8.42 Å². The van der Waals surface area contributed by atoms with Gasteiger partial charge in [0.25, 0.3) is 5.91 Å². The Kier molecular flexibility index (Phi) is 8.59. The molecule has 1 amide bonds. The number of carbonyl (C=O) groups excluding carboxylic acids is 1. The van der Waals surface area contributed by atoms with Crippen LogP contribution in [0.25, 0.3) is 0 Å². The van der Waals surface area contributed by atoms with Crippen molar-refractivity contribution in [1.82, 2.24) is 9.62 Å². The molecule has 0 saturated heterocycles. The molecule has 1 aromatic rings. The van der Waals surface area contributed by atoms with Crippen LogP contribution in [0.1, 0.15) is 64.2 Å². The normalized spacial score (nSPS) is 13.2. The lowest BCUT2D eigenvalue weighted by atomic mass is 10.0. The predicted octanol–water partition coefficient (Wildman–Crippen LogP) is 3.66. The monoisotopic (exact) mass is 368 g/mol. The molecule has 0 bridgehead atoms. The van der Waals surface area contributed by atoms with Crippen LogP contribution in [0.2, 0.25) is 0 Å². The summed E-state index contributed by atoms with van der Waals surface area (Å²) in [6, 6.07) is 6.27. The summed E-state index contributed by atoms with van der Waals surface area (Å²) in [6.45, 7) is 10.8. The van der Waals surface area contributed by atoms with E-state index in [1.54, 1.807) is 12.1 Å². The van der Waals surface area contributed by atoms with Gasteiger partial charge in [-0.05, 0) is 43.5 Å². The molecule has 1 atom stereocenters. The molecule has 25 heavy (non-hydrogen) atoms. The van der Waals surface area contributed by atoms with E-state index in [2.05, 4.69) is 19.2 Å². The molecule has 142 valence electrons. The van der Waals surface area contributed by atoms with Crippen LogP contribution in [-0.2, 0) is 10.0 Å². The number of sulfonamides is 1. The fourth-order valence-corrected chi connectivity index (χ4v) is 4.16. The summed E-state index contributed by atoms with van der Waals surface area (Å²) in [4.78, 5) is 12.5. The first-order valence-corrected chi connectivity index (χ1v) is 10.6. The maximum Gasteiger partial charge on any atom is 0.251 e. The predicted molar refractivity (Wildman–Crippen MR) is 102 cm³/mol. The molecule has 0 aliphatic carbocycles. The highest BCUT2D eigenvalue weighted by Crippen LogP contribution is 2.16. The first-order valence-electron chi connectivity index (χ1n) is 9.13. The van der Waals surface area contributed by atoms with Crippen molar-refractivity contribution >= 4 is 15.9 Å². The molecule has 0 fully saturated rings. The molecule has 0 radical (unpaired) electrons. The molecular formula is C19H32N2O3S. The Morgan fingerprint density at radius 2 is 1.60 bits per heavy atom. The standard InChI is InChI=1S/C19H32N2O3S/c1-6-21(7-2)25(23,24)18-13-11-17(12-14-18)19(22)20-16(5)10-8-9-15(3)4/h11-16H,6-10H2,1-5H3,(H,20,22). The van der Waals surface area contributed by atoms with Crippen molar-refractivity contribution in [2.24, 2.45) is 5.92 Å². The van der Waals surface area contributed by atoms with Gasteiger partial charge in [-0.15, -0.1) is 0 Å². The van der Waals surface area contributed by atoms with Crippen LogP contribution < -0.4 is 5.32 Å². The van der Waals surface area contributed by atoms with Crippen LogP contribution in [0.5, 0.6) is 0 Å². The van der Waals surface area contributed by atoms with Crippen LogP contribution in [0, 0.1) is 5.92 Å². The third-order valence-electron chi connectivity index (χ3n) is 4.26. The van der Waals surface area contributed by atoms with Crippen molar-refractivity contribution in [2.75, 3.05) is 13.1 Å². The molecule has 0 heterocycles. The van der Waals surface area contributed by atoms with E-state index in [0.29, 0.717) is 24.6 Å². The molecule has 5 nitrogen and oxygen atoms in total. The molecule has 1 unspecified atom stereocenters. The van der Waals surface area contributed by atoms with Crippen LogP contribution in [0.15, 0.2) is 29.2 Å². The summed E-state index contributed by atoms with van der Waals surface area (Å²) < 4.78 is 26.3. The number of amides is 1. The molecule has 0 spiro atoms. The molecule has 1 rings (SSSR count). The first kappa shape index (κ1) is 21.6. The maximum absolute atomic E-state index is 12.5. The van der Waals surface area contributed by atoms with E-state index < -0.39 is 10.0 Å². The van der Waals surface area contributed by atoms with Crippen molar-refractivity contribution in [3.63, 3.8) is 0 Å². The lowest BCUT2D eigenvalue weighted by Crippen LogP contribution is -2.33. The lowest BCUT2D eigenvalue weighted by molar-refractivity contribution is 0.0937. The SMILES string of the molecule is CCN(CC)S(=O)(=O)c1ccc(C(=O)NC(C)CCCC(C)C)cc1. The van der Waals surface area contributed by atoms with Gasteiger partial charge in [0.2, 0.25) is 10.0 Å². The van der Waals surface area contributed by atoms with Gasteiger partial charge >= 0.3 is 0 Å². The first-order chi connectivity index (χ1) is 11.7. The van der Waals surface area contributed by atoms with Gasteiger partial charge in [0.15, 0.2) is 0 Å². The van der Waals surface area contributed by atoms with E-state index in [0.717, 1.165) is 19.3 Å². The van der Waals surface area contributed by atoms with Gasteiger partial charge in [0.1, 0.15) is 0 Å². The third kappa shape index (κ3) is 6.44.